The molecule has 0 saturated carbocycles. The monoisotopic (exact) mass is 177 g/mol. The summed E-state index contributed by atoms with van der Waals surface area (Å²) in [4.78, 5) is 0. The Bertz CT molecular complexity index is 51.5. The van der Waals surface area contributed by atoms with Gasteiger partial charge in [0.05, 0.1) is 0 Å². The number of nitrogens with zero attached hydrogens (tertiary/aromatic N) is 1. The fourth-order valence-electron chi connectivity index (χ4n) is 0.856. The van der Waals surface area contributed by atoms with Crippen molar-refractivity contribution in [1.29, 1.82) is 0 Å². The molecule has 0 amide bonds. The van der Waals surface area contributed by atoms with E-state index in [2.05, 4.69) is 11.6 Å². The largest absolute Gasteiger partial charge is 0.285 e. The Morgan fingerprint density at radius 2 is 1.73 bits per heavy atom. The Labute approximate surface area is 74.4 Å². The third-order valence-corrected chi connectivity index (χ3v) is 2.89. The molecule has 0 bridgehead atoms. The highest BCUT2D eigenvalue weighted by Crippen LogP contribution is 2.25. The summed E-state index contributed by atoms with van der Waals surface area (Å²) in [6.45, 7) is 12.9. The van der Waals surface area contributed by atoms with E-state index >= 15 is 0 Å². The SMILES string of the molecule is CC.CC.CCN1CCCP1. The summed E-state index contributed by atoms with van der Waals surface area (Å²) in [5, 5.41) is 0. The molecule has 1 saturated heterocycles. The Morgan fingerprint density at radius 1 is 1.18 bits per heavy atom. The van der Waals surface area contributed by atoms with Gasteiger partial charge >= 0.3 is 0 Å². The summed E-state index contributed by atoms with van der Waals surface area (Å²) in [6, 6.07) is 0. The van der Waals surface area contributed by atoms with E-state index in [1.807, 2.05) is 27.7 Å². The second-order valence-electron chi connectivity index (χ2n) is 1.84. The van der Waals surface area contributed by atoms with Crippen molar-refractivity contribution in [2.24, 2.45) is 0 Å². The molecule has 0 radical (unpaired) electrons. The smallest absolute Gasteiger partial charge is 0.00222 e. The summed E-state index contributed by atoms with van der Waals surface area (Å²) in [6.07, 6.45) is 2.89. The zero-order chi connectivity index (χ0) is 9.11. The summed E-state index contributed by atoms with van der Waals surface area (Å²) in [7, 11) is 1.13. The predicted octanol–water partition coefficient (Wildman–Crippen LogP) is 3.36. The van der Waals surface area contributed by atoms with Crippen molar-refractivity contribution in [2.45, 2.75) is 41.0 Å². The molecule has 0 N–H and O–H groups in total. The molecule has 0 aliphatic carbocycles. The van der Waals surface area contributed by atoms with Crippen LogP contribution in [0.15, 0.2) is 0 Å². The zero-order valence-electron chi connectivity index (χ0n) is 8.78. The van der Waals surface area contributed by atoms with E-state index in [4.69, 9.17) is 0 Å². The first kappa shape index (κ1) is 13.9. The first-order chi connectivity index (χ1) is 5.43. The average Bonchev–Trinajstić information content (AvgIpc) is 2.63. The topological polar surface area (TPSA) is 3.24 Å². The van der Waals surface area contributed by atoms with E-state index in [0.717, 1.165) is 8.73 Å². The van der Waals surface area contributed by atoms with Gasteiger partial charge in [0.25, 0.3) is 0 Å². The van der Waals surface area contributed by atoms with E-state index in [1.165, 1.54) is 25.7 Å². The van der Waals surface area contributed by atoms with Crippen molar-refractivity contribution in [1.82, 2.24) is 4.67 Å². The molecule has 1 atom stereocenters. The van der Waals surface area contributed by atoms with Crippen molar-refractivity contribution in [2.75, 3.05) is 19.3 Å². The minimum absolute atomic E-state index is 1.13. The van der Waals surface area contributed by atoms with E-state index < -0.39 is 0 Å². The van der Waals surface area contributed by atoms with Gasteiger partial charge in [-0.25, -0.2) is 0 Å². The van der Waals surface area contributed by atoms with Crippen LogP contribution < -0.4 is 0 Å². The summed E-state index contributed by atoms with van der Waals surface area (Å²) < 4.78 is 2.51. The predicted molar refractivity (Wildman–Crippen MR) is 57.7 cm³/mol. The Hall–Kier alpha value is 0.390. The molecule has 1 aliphatic rings. The maximum absolute atomic E-state index is 2.51. The minimum Gasteiger partial charge on any atom is -0.285 e. The normalized spacial score (nSPS) is 18.3. The fourth-order valence-corrected chi connectivity index (χ4v) is 2.03. The van der Waals surface area contributed by atoms with E-state index in [0.29, 0.717) is 0 Å². The Morgan fingerprint density at radius 3 is 1.91 bits per heavy atom. The third kappa shape index (κ3) is 8.29. The van der Waals surface area contributed by atoms with Crippen LogP contribution in [0.4, 0.5) is 0 Å². The number of hydrogen-bond donors (Lipinski definition) is 0. The van der Waals surface area contributed by atoms with Crippen LogP contribution in [0.5, 0.6) is 0 Å². The summed E-state index contributed by atoms with van der Waals surface area (Å²) in [5.74, 6) is 0. The Balaban J connectivity index is 0. The molecule has 0 aromatic rings. The van der Waals surface area contributed by atoms with Gasteiger partial charge in [-0.1, -0.05) is 43.4 Å². The molecule has 1 aliphatic heterocycles. The van der Waals surface area contributed by atoms with Crippen LogP contribution in [-0.4, -0.2) is 23.9 Å². The van der Waals surface area contributed by atoms with Crippen LogP contribution in [0, 0.1) is 0 Å². The highest BCUT2D eigenvalue weighted by atomic mass is 31.1. The van der Waals surface area contributed by atoms with Crippen molar-refractivity contribution < 1.29 is 0 Å². The molecule has 1 fully saturated rings. The second-order valence-corrected chi connectivity index (χ2v) is 3.29. The zero-order valence-corrected chi connectivity index (χ0v) is 9.78. The molecule has 11 heavy (non-hydrogen) atoms. The molecule has 1 rings (SSSR count). The molecular formula is C9H24NP. The third-order valence-electron chi connectivity index (χ3n) is 1.32. The standard InChI is InChI=1S/C5H12NP.2C2H6/c1-2-6-4-3-5-7-6;2*1-2/h7H,2-5H2,1H3;2*1-2H3. The lowest BCUT2D eigenvalue weighted by molar-refractivity contribution is 0.517. The molecule has 0 spiro atoms. The molecule has 0 aromatic carbocycles. The average molecular weight is 177 g/mol. The first-order valence-corrected chi connectivity index (χ1v) is 6.07. The minimum atomic E-state index is 1.13. The van der Waals surface area contributed by atoms with Gasteiger partial charge in [0, 0.05) is 6.54 Å². The van der Waals surface area contributed by atoms with Crippen LogP contribution >= 0.6 is 8.73 Å². The second kappa shape index (κ2) is 13.0. The Kier molecular flexibility index (Phi) is 16.5. The van der Waals surface area contributed by atoms with Crippen molar-refractivity contribution in [3.8, 4) is 0 Å². The van der Waals surface area contributed by atoms with E-state index in [-0.39, 0.29) is 0 Å². The van der Waals surface area contributed by atoms with Gasteiger partial charge in [-0.05, 0) is 19.1 Å². The number of hydrogen-bond acceptors (Lipinski definition) is 1. The fraction of sp³-hybridized carbons (Fsp3) is 1.00. The van der Waals surface area contributed by atoms with Gasteiger partial charge in [-0.15, -0.1) is 0 Å². The number of rotatable bonds is 1. The van der Waals surface area contributed by atoms with Crippen molar-refractivity contribution in [3.05, 3.63) is 0 Å². The molecule has 2 heteroatoms. The molecule has 0 aromatic heterocycles. The lowest BCUT2D eigenvalue weighted by atomic mass is 10.5. The molecular weight excluding hydrogens is 153 g/mol. The van der Waals surface area contributed by atoms with Gasteiger partial charge in [0.15, 0.2) is 0 Å². The van der Waals surface area contributed by atoms with E-state index in [9.17, 15) is 0 Å². The molecule has 1 unspecified atom stereocenters. The van der Waals surface area contributed by atoms with Gasteiger partial charge in [0.2, 0.25) is 0 Å². The maximum atomic E-state index is 2.51. The highest BCUT2D eigenvalue weighted by molar-refractivity contribution is 7.35. The van der Waals surface area contributed by atoms with Crippen LogP contribution in [0.2, 0.25) is 0 Å². The molecule has 1 heterocycles. The van der Waals surface area contributed by atoms with Crippen LogP contribution in [0.3, 0.4) is 0 Å². The van der Waals surface area contributed by atoms with Crippen LogP contribution in [0.1, 0.15) is 41.0 Å². The molecule has 70 valence electrons. The van der Waals surface area contributed by atoms with Gasteiger partial charge in [0.1, 0.15) is 0 Å². The van der Waals surface area contributed by atoms with Gasteiger partial charge < -0.3 is 0 Å². The lowest BCUT2D eigenvalue weighted by Gasteiger charge is -2.08. The quantitative estimate of drug-likeness (QED) is 0.555. The van der Waals surface area contributed by atoms with Gasteiger partial charge in [-0.3, -0.25) is 4.67 Å². The van der Waals surface area contributed by atoms with Crippen LogP contribution in [-0.2, 0) is 0 Å². The van der Waals surface area contributed by atoms with Crippen LogP contribution in [0.25, 0.3) is 0 Å². The van der Waals surface area contributed by atoms with Crippen molar-refractivity contribution >= 4 is 8.73 Å². The summed E-state index contributed by atoms with van der Waals surface area (Å²) >= 11 is 0. The van der Waals surface area contributed by atoms with Gasteiger partial charge in [-0.2, -0.15) is 0 Å². The summed E-state index contributed by atoms with van der Waals surface area (Å²) in [5.41, 5.74) is 0. The highest BCUT2D eigenvalue weighted by Gasteiger charge is 2.06. The first-order valence-electron chi connectivity index (χ1n) is 4.92. The molecule has 1 nitrogen and oxygen atoms in total. The lowest BCUT2D eigenvalue weighted by Crippen LogP contribution is -2.07. The van der Waals surface area contributed by atoms with E-state index in [1.54, 1.807) is 0 Å². The maximum Gasteiger partial charge on any atom is 0.00222 e. The van der Waals surface area contributed by atoms with Crippen molar-refractivity contribution in [3.63, 3.8) is 0 Å².